The zero-order valence-corrected chi connectivity index (χ0v) is 12.8. The van der Waals surface area contributed by atoms with E-state index in [1.807, 2.05) is 42.5 Å². The van der Waals surface area contributed by atoms with Crippen molar-refractivity contribution in [3.05, 3.63) is 76.2 Å². The highest BCUT2D eigenvalue weighted by atomic mass is 16.2. The normalized spacial score (nSPS) is 10.7. The van der Waals surface area contributed by atoms with Gasteiger partial charge in [0, 0.05) is 13.6 Å². The molecule has 0 aliphatic carbocycles. The molecule has 2 aromatic carbocycles. The Morgan fingerprint density at radius 1 is 1.09 bits per heavy atom. The lowest BCUT2D eigenvalue weighted by molar-refractivity contribution is 0.0947. The second-order valence-electron chi connectivity index (χ2n) is 5.30. The number of hydrogen-bond donors (Lipinski definition) is 1. The van der Waals surface area contributed by atoms with E-state index in [2.05, 4.69) is 10.3 Å². The third-order valence-corrected chi connectivity index (χ3v) is 3.74. The van der Waals surface area contributed by atoms with Crippen molar-refractivity contribution in [3.63, 3.8) is 0 Å². The molecule has 1 N–H and O–H groups in total. The number of carbonyl (C=O) groups excluding carboxylic acids is 1. The van der Waals surface area contributed by atoms with E-state index in [1.165, 1.54) is 4.57 Å². The van der Waals surface area contributed by atoms with Crippen molar-refractivity contribution in [1.82, 2.24) is 14.9 Å². The summed E-state index contributed by atoms with van der Waals surface area (Å²) in [6, 6.07) is 17.1. The number of aryl methyl sites for hydroxylation is 1. The van der Waals surface area contributed by atoms with E-state index >= 15 is 0 Å². The molecular formula is C18H17N3O2. The molecule has 0 saturated carbocycles. The zero-order valence-electron chi connectivity index (χ0n) is 12.8. The van der Waals surface area contributed by atoms with Gasteiger partial charge < -0.3 is 9.88 Å². The van der Waals surface area contributed by atoms with Crippen LogP contribution in [-0.4, -0.2) is 22.0 Å². The molecule has 0 radical (unpaired) electrons. The highest BCUT2D eigenvalue weighted by Gasteiger charge is 2.15. The van der Waals surface area contributed by atoms with Crippen molar-refractivity contribution in [1.29, 1.82) is 0 Å². The van der Waals surface area contributed by atoms with Crippen LogP contribution in [0.2, 0.25) is 0 Å². The van der Waals surface area contributed by atoms with Crippen LogP contribution in [0.4, 0.5) is 0 Å². The summed E-state index contributed by atoms with van der Waals surface area (Å²) < 4.78 is 1.45. The van der Waals surface area contributed by atoms with Crippen molar-refractivity contribution >= 4 is 16.9 Å². The van der Waals surface area contributed by atoms with Gasteiger partial charge in [0.2, 0.25) is 0 Å². The number of rotatable bonds is 4. The van der Waals surface area contributed by atoms with E-state index in [9.17, 15) is 9.59 Å². The Bertz CT molecular complexity index is 901. The van der Waals surface area contributed by atoms with Gasteiger partial charge in [-0.2, -0.15) is 0 Å². The summed E-state index contributed by atoms with van der Waals surface area (Å²) in [6.45, 7) is 0.459. The fourth-order valence-electron chi connectivity index (χ4n) is 2.48. The van der Waals surface area contributed by atoms with Gasteiger partial charge >= 0.3 is 0 Å². The van der Waals surface area contributed by atoms with Crippen LogP contribution in [0.1, 0.15) is 16.1 Å². The number of nitrogens with one attached hydrogen (secondary N) is 1. The molecule has 0 spiro atoms. The highest BCUT2D eigenvalue weighted by Crippen LogP contribution is 2.08. The van der Waals surface area contributed by atoms with E-state index in [-0.39, 0.29) is 11.3 Å². The summed E-state index contributed by atoms with van der Waals surface area (Å²) in [5.74, 6) is -0.438. The van der Waals surface area contributed by atoms with Gasteiger partial charge in [0.05, 0.1) is 11.0 Å². The fraction of sp³-hybridized carbons (Fsp3) is 0.167. The number of nitrogens with zero attached hydrogens (tertiary/aromatic N) is 2. The summed E-state index contributed by atoms with van der Waals surface area (Å²) in [5.41, 5.74) is 2.01. The summed E-state index contributed by atoms with van der Waals surface area (Å²) in [4.78, 5) is 28.8. The predicted molar refractivity (Wildman–Crippen MR) is 89.5 cm³/mol. The molecule has 0 atom stereocenters. The quantitative estimate of drug-likeness (QED) is 0.801. The van der Waals surface area contributed by atoms with Crippen LogP contribution in [0.3, 0.4) is 0 Å². The number of para-hydroxylation sites is 2. The first-order chi connectivity index (χ1) is 11.2. The molecule has 0 saturated heterocycles. The van der Waals surface area contributed by atoms with Crippen LogP contribution >= 0.6 is 0 Å². The monoisotopic (exact) mass is 307 g/mol. The Morgan fingerprint density at radius 2 is 1.78 bits per heavy atom. The molecule has 0 aliphatic heterocycles. The molecule has 0 fully saturated rings. The van der Waals surface area contributed by atoms with Crippen molar-refractivity contribution in [2.24, 2.45) is 7.05 Å². The van der Waals surface area contributed by atoms with Crippen molar-refractivity contribution in [2.75, 3.05) is 6.54 Å². The topological polar surface area (TPSA) is 64.0 Å². The summed E-state index contributed by atoms with van der Waals surface area (Å²) in [5, 5.41) is 2.77. The maximum Gasteiger partial charge on any atom is 0.282 e. The summed E-state index contributed by atoms with van der Waals surface area (Å²) >= 11 is 0. The average molecular weight is 307 g/mol. The smallest absolute Gasteiger partial charge is 0.282 e. The van der Waals surface area contributed by atoms with Gasteiger partial charge in [-0.05, 0) is 24.1 Å². The third-order valence-electron chi connectivity index (χ3n) is 3.74. The van der Waals surface area contributed by atoms with Crippen LogP contribution in [-0.2, 0) is 13.5 Å². The van der Waals surface area contributed by atoms with Gasteiger partial charge in [0.1, 0.15) is 0 Å². The number of fused-ring (bicyclic) bond motifs is 1. The first kappa shape index (κ1) is 15.0. The van der Waals surface area contributed by atoms with E-state index in [0.717, 1.165) is 5.56 Å². The van der Waals surface area contributed by atoms with E-state index in [0.29, 0.717) is 24.0 Å². The molecule has 0 unspecified atom stereocenters. The lowest BCUT2D eigenvalue weighted by Crippen LogP contribution is -2.34. The summed E-state index contributed by atoms with van der Waals surface area (Å²) in [7, 11) is 1.65. The van der Waals surface area contributed by atoms with Crippen LogP contribution < -0.4 is 10.9 Å². The SMILES string of the molecule is Cn1c(=O)c(C(=O)NCCc2ccccc2)nc2ccccc21. The van der Waals surface area contributed by atoms with Gasteiger partial charge in [-0.3, -0.25) is 9.59 Å². The molecule has 5 heteroatoms. The molecule has 1 amide bonds. The Hall–Kier alpha value is -2.95. The van der Waals surface area contributed by atoms with Gasteiger partial charge in [0.15, 0.2) is 5.69 Å². The molecule has 0 aliphatic rings. The van der Waals surface area contributed by atoms with Crippen LogP contribution in [0, 0.1) is 0 Å². The number of aromatic nitrogens is 2. The second-order valence-corrected chi connectivity index (χ2v) is 5.30. The van der Waals surface area contributed by atoms with Crippen molar-refractivity contribution < 1.29 is 4.79 Å². The molecule has 0 bridgehead atoms. The Labute approximate surface area is 133 Å². The zero-order chi connectivity index (χ0) is 16.2. The van der Waals surface area contributed by atoms with Gasteiger partial charge in [-0.1, -0.05) is 42.5 Å². The number of amides is 1. The highest BCUT2D eigenvalue weighted by molar-refractivity contribution is 5.93. The Balaban J connectivity index is 1.78. The predicted octanol–water partition coefficient (Wildman–Crippen LogP) is 1.91. The average Bonchev–Trinajstić information content (AvgIpc) is 2.59. The first-order valence-electron chi connectivity index (χ1n) is 7.45. The van der Waals surface area contributed by atoms with Gasteiger partial charge in [-0.15, -0.1) is 0 Å². The van der Waals surface area contributed by atoms with E-state index in [4.69, 9.17) is 0 Å². The first-order valence-corrected chi connectivity index (χ1v) is 7.45. The van der Waals surface area contributed by atoms with Crippen LogP contribution in [0.25, 0.3) is 11.0 Å². The lowest BCUT2D eigenvalue weighted by Gasteiger charge is -2.08. The molecule has 5 nitrogen and oxygen atoms in total. The largest absolute Gasteiger partial charge is 0.350 e. The molecule has 23 heavy (non-hydrogen) atoms. The number of benzene rings is 2. The number of carbonyl (C=O) groups is 1. The third kappa shape index (κ3) is 3.13. The molecule has 116 valence electrons. The lowest BCUT2D eigenvalue weighted by atomic mass is 10.1. The standard InChI is InChI=1S/C18H17N3O2/c1-21-15-10-6-5-9-14(15)20-16(18(21)23)17(22)19-12-11-13-7-3-2-4-8-13/h2-10H,11-12H2,1H3,(H,19,22). The van der Waals surface area contributed by atoms with Crippen molar-refractivity contribution in [3.8, 4) is 0 Å². The van der Waals surface area contributed by atoms with Gasteiger partial charge in [0.25, 0.3) is 11.5 Å². The van der Waals surface area contributed by atoms with Crippen molar-refractivity contribution in [2.45, 2.75) is 6.42 Å². The second kappa shape index (κ2) is 6.44. The van der Waals surface area contributed by atoms with Crippen LogP contribution in [0.5, 0.6) is 0 Å². The maximum atomic E-state index is 12.3. The molecular weight excluding hydrogens is 290 g/mol. The minimum atomic E-state index is -0.438. The van der Waals surface area contributed by atoms with Crippen LogP contribution in [0.15, 0.2) is 59.4 Å². The molecule has 3 rings (SSSR count). The molecule has 1 aromatic heterocycles. The summed E-state index contributed by atoms with van der Waals surface area (Å²) in [6.07, 6.45) is 0.709. The minimum Gasteiger partial charge on any atom is -0.350 e. The van der Waals surface area contributed by atoms with Gasteiger partial charge in [-0.25, -0.2) is 4.98 Å². The maximum absolute atomic E-state index is 12.3. The Morgan fingerprint density at radius 3 is 2.57 bits per heavy atom. The Kier molecular flexibility index (Phi) is 4.19. The molecule has 3 aromatic rings. The number of hydrogen-bond acceptors (Lipinski definition) is 3. The van der Waals surface area contributed by atoms with E-state index in [1.54, 1.807) is 19.2 Å². The molecule has 1 heterocycles. The minimum absolute atomic E-state index is 0.0701. The fourth-order valence-corrected chi connectivity index (χ4v) is 2.48. The van der Waals surface area contributed by atoms with E-state index < -0.39 is 5.91 Å².